The third-order valence-corrected chi connectivity index (χ3v) is 5.20. The fraction of sp³-hybridized carbons (Fsp3) is 0.368. The van der Waals surface area contributed by atoms with Crippen molar-refractivity contribution in [3.8, 4) is 0 Å². The Labute approximate surface area is 140 Å². The first-order valence-corrected chi connectivity index (χ1v) is 8.00. The minimum Gasteiger partial charge on any atom is -0.478 e. The summed E-state index contributed by atoms with van der Waals surface area (Å²) in [4.78, 5) is 24.5. The molecule has 3 aromatic heterocycles. The van der Waals surface area contributed by atoms with Crippen LogP contribution in [0.5, 0.6) is 0 Å². The summed E-state index contributed by atoms with van der Waals surface area (Å²) >= 11 is 0. The first-order valence-electron chi connectivity index (χ1n) is 8.00. The Bertz CT molecular complexity index is 1010. The molecular weight excluding hydrogens is 306 g/mol. The molecule has 0 aliphatic heterocycles. The van der Waals surface area contributed by atoms with Gasteiger partial charge in [0.25, 0.3) is 0 Å². The van der Waals surface area contributed by atoms with Crippen molar-refractivity contribution in [2.24, 2.45) is 0 Å². The van der Waals surface area contributed by atoms with E-state index in [-0.39, 0.29) is 17.7 Å². The molecule has 0 aliphatic rings. The van der Waals surface area contributed by atoms with Gasteiger partial charge in [-0.2, -0.15) is 0 Å². The Morgan fingerprint density at radius 1 is 0.833 bits per heavy atom. The lowest BCUT2D eigenvalue weighted by atomic mass is 9.98. The number of pyridine rings is 1. The van der Waals surface area contributed by atoms with E-state index < -0.39 is 11.9 Å². The Morgan fingerprint density at radius 2 is 1.29 bits per heavy atom. The summed E-state index contributed by atoms with van der Waals surface area (Å²) in [5.74, 6) is -1.69. The molecule has 126 valence electrons. The Kier molecular flexibility index (Phi) is 3.55. The van der Waals surface area contributed by atoms with Crippen molar-refractivity contribution >= 4 is 28.5 Å². The number of carbonyl (C=O) groups excluding carboxylic acids is 1. The van der Waals surface area contributed by atoms with Crippen LogP contribution in [0.2, 0.25) is 0 Å². The van der Waals surface area contributed by atoms with E-state index in [0.29, 0.717) is 11.0 Å². The fourth-order valence-electron chi connectivity index (χ4n) is 3.72. The highest BCUT2D eigenvalue weighted by molar-refractivity contribution is 6.16. The van der Waals surface area contributed by atoms with Gasteiger partial charge in [0.1, 0.15) is 11.1 Å². The second-order valence-electron chi connectivity index (χ2n) is 6.28. The largest absolute Gasteiger partial charge is 0.478 e. The van der Waals surface area contributed by atoms with E-state index >= 15 is 0 Å². The van der Waals surface area contributed by atoms with Crippen LogP contribution in [0.3, 0.4) is 0 Å². The van der Waals surface area contributed by atoms with Gasteiger partial charge in [0, 0.05) is 0 Å². The number of carbonyl (C=O) groups is 2. The molecule has 3 heterocycles. The minimum absolute atomic E-state index is 0.0390. The van der Waals surface area contributed by atoms with Gasteiger partial charge in [0.2, 0.25) is 0 Å². The van der Waals surface area contributed by atoms with Gasteiger partial charge >= 0.3 is 11.9 Å². The topological polar surface area (TPSA) is 68.0 Å². The van der Waals surface area contributed by atoms with Crippen LogP contribution in [-0.2, 0) is 4.74 Å². The normalized spacial score (nSPS) is 11.6. The maximum atomic E-state index is 12.6. The molecule has 0 bridgehead atoms. The van der Waals surface area contributed by atoms with Crippen molar-refractivity contribution in [1.82, 2.24) is 4.40 Å². The summed E-state index contributed by atoms with van der Waals surface area (Å²) < 4.78 is 7.09. The molecule has 0 saturated carbocycles. The molecule has 0 aliphatic carbocycles. The second-order valence-corrected chi connectivity index (χ2v) is 6.28. The van der Waals surface area contributed by atoms with Crippen molar-refractivity contribution in [2.75, 3.05) is 6.61 Å². The van der Waals surface area contributed by atoms with E-state index in [1.807, 2.05) is 39.0 Å². The number of ether oxygens (including phenoxy) is 1. The van der Waals surface area contributed by atoms with Crippen LogP contribution >= 0.6 is 0 Å². The molecule has 1 N–H and O–H groups in total. The zero-order chi connectivity index (χ0) is 17.9. The Balaban J connectivity index is 2.68. The lowest BCUT2D eigenvalue weighted by molar-refractivity contribution is 0.0518. The van der Waals surface area contributed by atoms with Gasteiger partial charge in [-0.3, -0.25) is 0 Å². The van der Waals surface area contributed by atoms with Crippen molar-refractivity contribution in [3.63, 3.8) is 0 Å². The quantitative estimate of drug-likeness (QED) is 0.740. The van der Waals surface area contributed by atoms with Crippen molar-refractivity contribution in [3.05, 3.63) is 38.9 Å². The first-order chi connectivity index (χ1) is 11.2. The molecule has 3 rings (SSSR count). The number of nitrogens with zero attached hydrogens (tertiary/aromatic N) is 1. The average molecular weight is 327 g/mol. The third kappa shape index (κ3) is 1.81. The number of rotatable bonds is 3. The molecular formula is C19H21NO4. The third-order valence-electron chi connectivity index (χ3n) is 5.20. The van der Waals surface area contributed by atoms with Crippen LogP contribution in [0.25, 0.3) is 16.6 Å². The minimum atomic E-state index is -1.11. The Hall–Kier alpha value is -2.56. The number of hydrogen-bond donors (Lipinski definition) is 1. The standard InChI is InChI=1S/C19H21NO4/c1-7-24-19(23)14-13(18(21)22)16-10(4)8(2)9(3)15-11(5)12(6)17(14)20(15)16/h7H2,1-6H3,(H,21,22). The zero-order valence-corrected chi connectivity index (χ0v) is 14.8. The highest BCUT2D eigenvalue weighted by atomic mass is 16.5. The van der Waals surface area contributed by atoms with E-state index in [9.17, 15) is 14.7 Å². The van der Waals surface area contributed by atoms with Gasteiger partial charge in [0.15, 0.2) is 0 Å². The number of aromatic nitrogens is 1. The van der Waals surface area contributed by atoms with E-state index in [4.69, 9.17) is 4.74 Å². The van der Waals surface area contributed by atoms with E-state index in [2.05, 4.69) is 0 Å². The zero-order valence-electron chi connectivity index (χ0n) is 14.8. The first kappa shape index (κ1) is 16.3. The van der Waals surface area contributed by atoms with Crippen molar-refractivity contribution in [2.45, 2.75) is 41.5 Å². The molecule has 0 radical (unpaired) electrons. The summed E-state index contributed by atoms with van der Waals surface area (Å²) in [6.07, 6.45) is 0. The van der Waals surface area contributed by atoms with Crippen molar-refractivity contribution in [1.29, 1.82) is 0 Å². The number of carboxylic acids is 1. The van der Waals surface area contributed by atoms with Crippen LogP contribution in [-0.4, -0.2) is 28.1 Å². The molecule has 0 spiro atoms. The molecule has 0 atom stereocenters. The lowest BCUT2D eigenvalue weighted by Crippen LogP contribution is -2.10. The monoisotopic (exact) mass is 327 g/mol. The van der Waals surface area contributed by atoms with E-state index in [0.717, 1.165) is 33.3 Å². The number of aryl methyl sites for hydroxylation is 4. The lowest BCUT2D eigenvalue weighted by Gasteiger charge is -2.12. The molecule has 0 unspecified atom stereocenters. The van der Waals surface area contributed by atoms with Crippen LogP contribution in [0.4, 0.5) is 0 Å². The van der Waals surface area contributed by atoms with Gasteiger partial charge in [-0.25, -0.2) is 9.59 Å². The van der Waals surface area contributed by atoms with Gasteiger partial charge < -0.3 is 14.2 Å². The van der Waals surface area contributed by atoms with Gasteiger partial charge in [-0.1, -0.05) is 0 Å². The highest BCUT2D eigenvalue weighted by Gasteiger charge is 2.32. The van der Waals surface area contributed by atoms with Gasteiger partial charge in [-0.15, -0.1) is 0 Å². The SMILES string of the molecule is CCOC(=O)c1c(C(=O)O)c2c(C)c(C)c(C)c3c(C)c(C)c1n32. The molecule has 0 fully saturated rings. The predicted octanol–water partition coefficient (Wildman–Crippen LogP) is 3.95. The van der Waals surface area contributed by atoms with Gasteiger partial charge in [0.05, 0.1) is 23.2 Å². The number of hydrogen-bond acceptors (Lipinski definition) is 3. The Morgan fingerprint density at radius 3 is 1.83 bits per heavy atom. The van der Waals surface area contributed by atoms with Crippen molar-refractivity contribution < 1.29 is 19.4 Å². The summed E-state index contributed by atoms with van der Waals surface area (Å²) in [6, 6.07) is 0. The molecule has 0 aromatic carbocycles. The molecule has 3 aromatic rings. The van der Waals surface area contributed by atoms with E-state index in [1.54, 1.807) is 6.92 Å². The average Bonchev–Trinajstić information content (AvgIpc) is 2.99. The van der Waals surface area contributed by atoms with Crippen LogP contribution in [0.15, 0.2) is 0 Å². The summed E-state index contributed by atoms with van der Waals surface area (Å²) in [6.45, 7) is 11.8. The predicted molar refractivity (Wildman–Crippen MR) is 92.7 cm³/mol. The smallest absolute Gasteiger partial charge is 0.341 e. The molecule has 5 nitrogen and oxygen atoms in total. The number of aromatic carboxylic acids is 1. The highest BCUT2D eigenvalue weighted by Crippen LogP contribution is 2.39. The number of esters is 1. The van der Waals surface area contributed by atoms with Crippen LogP contribution in [0.1, 0.15) is 55.5 Å². The summed E-state index contributed by atoms with van der Waals surface area (Å²) in [5.41, 5.74) is 7.46. The summed E-state index contributed by atoms with van der Waals surface area (Å²) in [7, 11) is 0. The van der Waals surface area contributed by atoms with Crippen LogP contribution < -0.4 is 0 Å². The summed E-state index contributed by atoms with van der Waals surface area (Å²) in [5, 5.41) is 9.81. The maximum absolute atomic E-state index is 12.6. The van der Waals surface area contributed by atoms with Crippen LogP contribution in [0, 0.1) is 34.6 Å². The van der Waals surface area contributed by atoms with Gasteiger partial charge in [-0.05, 0) is 69.4 Å². The second kappa shape index (κ2) is 5.23. The fourth-order valence-corrected chi connectivity index (χ4v) is 3.72. The molecule has 5 heteroatoms. The van der Waals surface area contributed by atoms with E-state index in [1.165, 1.54) is 0 Å². The molecule has 24 heavy (non-hydrogen) atoms. The number of carboxylic acid groups (broad SMARTS) is 1. The molecule has 0 amide bonds. The maximum Gasteiger partial charge on any atom is 0.341 e. The molecule has 0 saturated heterocycles.